The van der Waals surface area contributed by atoms with Gasteiger partial charge in [-0.2, -0.15) is 0 Å². The molecule has 0 aromatic heterocycles. The van der Waals surface area contributed by atoms with Gasteiger partial charge in [0.05, 0.1) is 12.2 Å². The van der Waals surface area contributed by atoms with Crippen LogP contribution < -0.4 is 0 Å². The highest BCUT2D eigenvalue weighted by Gasteiger charge is 2.11. The molecule has 0 aliphatic heterocycles. The highest BCUT2D eigenvalue weighted by molar-refractivity contribution is 9.10. The summed E-state index contributed by atoms with van der Waals surface area (Å²) in [4.78, 5) is 10.7. The monoisotopic (exact) mass is 244 g/mol. The zero-order chi connectivity index (χ0) is 10.0. The van der Waals surface area contributed by atoms with Crippen LogP contribution in [0.15, 0.2) is 16.6 Å². The Morgan fingerprint density at radius 1 is 1.54 bits per heavy atom. The maximum absolute atomic E-state index is 10.7. The van der Waals surface area contributed by atoms with Crippen LogP contribution in [0.3, 0.4) is 0 Å². The van der Waals surface area contributed by atoms with Gasteiger partial charge in [0.1, 0.15) is 0 Å². The summed E-state index contributed by atoms with van der Waals surface area (Å²) in [6.07, 6.45) is 0. The van der Waals surface area contributed by atoms with Crippen molar-refractivity contribution in [1.82, 2.24) is 0 Å². The van der Waals surface area contributed by atoms with E-state index >= 15 is 0 Å². The lowest BCUT2D eigenvalue weighted by Crippen LogP contribution is -2.03. The van der Waals surface area contributed by atoms with Crippen LogP contribution in [0, 0.1) is 6.92 Å². The van der Waals surface area contributed by atoms with Crippen molar-refractivity contribution in [3.63, 3.8) is 0 Å². The Bertz CT molecular complexity index is 347. The van der Waals surface area contributed by atoms with E-state index in [-0.39, 0.29) is 12.2 Å². The molecule has 0 atom stereocenters. The summed E-state index contributed by atoms with van der Waals surface area (Å²) in [5.41, 5.74) is 1.46. The van der Waals surface area contributed by atoms with Gasteiger partial charge in [0.15, 0.2) is 0 Å². The van der Waals surface area contributed by atoms with Crippen molar-refractivity contribution in [2.75, 3.05) is 0 Å². The third-order valence-electron chi connectivity index (χ3n) is 1.93. The number of aliphatic hydroxyl groups is 1. The predicted molar refractivity (Wildman–Crippen MR) is 51.8 cm³/mol. The second-order valence-corrected chi connectivity index (χ2v) is 3.52. The Morgan fingerprint density at radius 3 is 2.62 bits per heavy atom. The topological polar surface area (TPSA) is 57.5 Å². The van der Waals surface area contributed by atoms with Gasteiger partial charge >= 0.3 is 5.97 Å². The second kappa shape index (κ2) is 3.89. The molecule has 70 valence electrons. The maximum atomic E-state index is 10.7. The molecule has 0 saturated carbocycles. The zero-order valence-electron chi connectivity index (χ0n) is 7.04. The molecule has 1 aromatic carbocycles. The summed E-state index contributed by atoms with van der Waals surface area (Å²) in [6.45, 7) is 1.52. The Morgan fingerprint density at radius 2 is 2.15 bits per heavy atom. The number of benzene rings is 1. The molecule has 0 aliphatic rings. The SMILES string of the molecule is Cc1c(C(=O)O)ccc(Br)c1CO. The number of hydrogen-bond acceptors (Lipinski definition) is 2. The summed E-state index contributed by atoms with van der Waals surface area (Å²) < 4.78 is 0.734. The highest BCUT2D eigenvalue weighted by Crippen LogP contribution is 2.23. The van der Waals surface area contributed by atoms with Gasteiger partial charge in [-0.25, -0.2) is 4.79 Å². The molecule has 4 heteroatoms. The minimum Gasteiger partial charge on any atom is -0.478 e. The van der Waals surface area contributed by atoms with Gasteiger partial charge in [0.2, 0.25) is 0 Å². The molecule has 1 aromatic rings. The van der Waals surface area contributed by atoms with Crippen molar-refractivity contribution in [3.05, 3.63) is 33.3 Å². The number of aromatic carboxylic acids is 1. The van der Waals surface area contributed by atoms with Crippen LogP contribution in [-0.4, -0.2) is 16.2 Å². The van der Waals surface area contributed by atoms with Gasteiger partial charge in [-0.05, 0) is 30.2 Å². The van der Waals surface area contributed by atoms with E-state index in [9.17, 15) is 4.79 Å². The molecule has 0 heterocycles. The first-order valence-corrected chi connectivity index (χ1v) is 4.49. The molecule has 0 unspecified atom stereocenters. The van der Waals surface area contributed by atoms with Crippen molar-refractivity contribution in [3.8, 4) is 0 Å². The normalized spacial score (nSPS) is 10.1. The minimum absolute atomic E-state index is 0.159. The molecule has 0 amide bonds. The number of carbonyl (C=O) groups is 1. The van der Waals surface area contributed by atoms with Gasteiger partial charge in [-0.15, -0.1) is 0 Å². The molecule has 0 saturated heterocycles. The molecule has 13 heavy (non-hydrogen) atoms. The highest BCUT2D eigenvalue weighted by atomic mass is 79.9. The molecular weight excluding hydrogens is 236 g/mol. The van der Waals surface area contributed by atoms with Crippen LogP contribution in [0.2, 0.25) is 0 Å². The molecule has 1 rings (SSSR count). The fourth-order valence-corrected chi connectivity index (χ4v) is 1.70. The van der Waals surface area contributed by atoms with Crippen molar-refractivity contribution < 1.29 is 15.0 Å². The van der Waals surface area contributed by atoms with Gasteiger partial charge < -0.3 is 10.2 Å². The Hall–Kier alpha value is -0.870. The van der Waals surface area contributed by atoms with Gasteiger partial charge in [0.25, 0.3) is 0 Å². The molecule has 2 N–H and O–H groups in total. The summed E-state index contributed by atoms with van der Waals surface area (Å²) in [7, 11) is 0. The number of halogens is 1. The maximum Gasteiger partial charge on any atom is 0.335 e. The van der Waals surface area contributed by atoms with Crippen LogP contribution in [0.5, 0.6) is 0 Å². The fourth-order valence-electron chi connectivity index (χ4n) is 1.15. The van der Waals surface area contributed by atoms with Crippen molar-refractivity contribution in [2.45, 2.75) is 13.5 Å². The Balaban J connectivity index is 3.35. The minimum atomic E-state index is -0.972. The van der Waals surface area contributed by atoms with Crippen molar-refractivity contribution in [2.24, 2.45) is 0 Å². The predicted octanol–water partition coefficient (Wildman–Crippen LogP) is 1.95. The first-order chi connectivity index (χ1) is 6.07. The number of carboxylic acid groups (broad SMARTS) is 1. The van der Waals surface area contributed by atoms with E-state index in [2.05, 4.69) is 15.9 Å². The first kappa shape index (κ1) is 10.2. The quantitative estimate of drug-likeness (QED) is 0.837. The van der Waals surface area contributed by atoms with E-state index in [1.54, 1.807) is 13.0 Å². The van der Waals surface area contributed by atoms with E-state index in [0.717, 1.165) is 4.47 Å². The third kappa shape index (κ3) is 1.89. The van der Waals surface area contributed by atoms with Crippen LogP contribution in [0.1, 0.15) is 21.5 Å². The molecule has 0 fully saturated rings. The summed E-state index contributed by atoms with van der Waals surface area (Å²) in [6, 6.07) is 3.14. The number of carboxylic acids is 1. The first-order valence-electron chi connectivity index (χ1n) is 3.70. The summed E-state index contributed by atoms with van der Waals surface area (Å²) in [5.74, 6) is -0.972. The zero-order valence-corrected chi connectivity index (χ0v) is 8.63. The lowest BCUT2D eigenvalue weighted by atomic mass is 10.0. The smallest absolute Gasteiger partial charge is 0.335 e. The summed E-state index contributed by atoms with van der Waals surface area (Å²) in [5, 5.41) is 17.8. The molecular formula is C9H9BrO3. The van der Waals surface area contributed by atoms with Gasteiger partial charge in [-0.1, -0.05) is 15.9 Å². The van der Waals surface area contributed by atoms with Gasteiger partial charge in [-0.3, -0.25) is 0 Å². The van der Waals surface area contributed by atoms with E-state index in [1.807, 2.05) is 0 Å². The van der Waals surface area contributed by atoms with E-state index in [0.29, 0.717) is 11.1 Å². The third-order valence-corrected chi connectivity index (χ3v) is 2.67. The lowest BCUT2D eigenvalue weighted by molar-refractivity contribution is 0.0696. The lowest BCUT2D eigenvalue weighted by Gasteiger charge is -2.07. The average Bonchev–Trinajstić information content (AvgIpc) is 2.04. The number of aliphatic hydroxyl groups excluding tert-OH is 1. The largest absolute Gasteiger partial charge is 0.478 e. The van der Waals surface area contributed by atoms with Crippen molar-refractivity contribution >= 4 is 21.9 Å². The van der Waals surface area contributed by atoms with Crippen LogP contribution >= 0.6 is 15.9 Å². The average molecular weight is 245 g/mol. The van der Waals surface area contributed by atoms with Gasteiger partial charge in [0, 0.05) is 4.47 Å². The molecule has 0 spiro atoms. The Kier molecular flexibility index (Phi) is 3.06. The van der Waals surface area contributed by atoms with Crippen LogP contribution in [0.4, 0.5) is 0 Å². The molecule has 0 aliphatic carbocycles. The van der Waals surface area contributed by atoms with E-state index in [4.69, 9.17) is 10.2 Å². The van der Waals surface area contributed by atoms with Crippen LogP contribution in [-0.2, 0) is 6.61 Å². The Labute approximate surface area is 84.1 Å². The molecule has 0 bridgehead atoms. The van der Waals surface area contributed by atoms with E-state index < -0.39 is 5.97 Å². The van der Waals surface area contributed by atoms with Crippen LogP contribution in [0.25, 0.3) is 0 Å². The van der Waals surface area contributed by atoms with E-state index in [1.165, 1.54) is 6.07 Å². The van der Waals surface area contributed by atoms with Crippen molar-refractivity contribution in [1.29, 1.82) is 0 Å². The number of rotatable bonds is 2. The molecule has 0 radical (unpaired) electrons. The number of hydrogen-bond donors (Lipinski definition) is 2. The second-order valence-electron chi connectivity index (χ2n) is 2.66. The fraction of sp³-hybridized carbons (Fsp3) is 0.222. The molecule has 3 nitrogen and oxygen atoms in total. The summed E-state index contributed by atoms with van der Waals surface area (Å²) >= 11 is 3.24. The standard InChI is InChI=1S/C9H9BrO3/c1-5-6(9(12)13)2-3-8(10)7(5)4-11/h2-3,11H,4H2,1H3,(H,12,13).